The van der Waals surface area contributed by atoms with Gasteiger partial charge in [0.15, 0.2) is 15.5 Å². The number of hydrogen-bond donors (Lipinski definition) is 1. The molecule has 1 unspecified atom stereocenters. The zero-order valence-corrected chi connectivity index (χ0v) is 12.6. The van der Waals surface area contributed by atoms with Crippen LogP contribution in [0.3, 0.4) is 0 Å². The second-order valence-electron chi connectivity index (χ2n) is 4.95. The van der Waals surface area contributed by atoms with Crippen LogP contribution < -0.4 is 5.32 Å². The number of nitrogens with zero attached hydrogens (tertiary/aromatic N) is 1. The first kappa shape index (κ1) is 15.7. The molecule has 114 valence electrons. The number of thiazole rings is 1. The Labute approximate surface area is 119 Å². The highest BCUT2D eigenvalue weighted by Crippen LogP contribution is 2.37. The SMILES string of the molecule is CC(c1nc(C(F)(F)F)c(CNC2CC2)s1)S(C)(=O)=O. The highest BCUT2D eigenvalue weighted by Gasteiger charge is 2.39. The minimum atomic E-state index is -4.56. The average Bonchev–Trinajstić information content (AvgIpc) is 3.01. The molecule has 20 heavy (non-hydrogen) atoms. The van der Waals surface area contributed by atoms with E-state index in [0.717, 1.165) is 30.4 Å². The van der Waals surface area contributed by atoms with Crippen LogP contribution in [0.25, 0.3) is 0 Å². The number of hydrogen-bond acceptors (Lipinski definition) is 5. The Morgan fingerprint density at radius 1 is 1.45 bits per heavy atom. The Kier molecular flexibility index (Phi) is 4.14. The zero-order valence-electron chi connectivity index (χ0n) is 11.0. The van der Waals surface area contributed by atoms with Gasteiger partial charge < -0.3 is 5.32 Å². The van der Waals surface area contributed by atoms with Crippen molar-refractivity contribution >= 4 is 21.2 Å². The van der Waals surface area contributed by atoms with Gasteiger partial charge in [0.2, 0.25) is 0 Å². The maximum Gasteiger partial charge on any atom is 0.434 e. The molecule has 1 aromatic rings. The molecule has 0 saturated heterocycles. The minimum Gasteiger partial charge on any atom is -0.309 e. The summed E-state index contributed by atoms with van der Waals surface area (Å²) in [5.41, 5.74) is -0.971. The maximum absolute atomic E-state index is 12.9. The molecular weight excluding hydrogens is 313 g/mol. The van der Waals surface area contributed by atoms with Crippen molar-refractivity contribution in [3.05, 3.63) is 15.6 Å². The number of rotatable bonds is 5. The lowest BCUT2D eigenvalue weighted by Gasteiger charge is -2.06. The first-order valence-electron chi connectivity index (χ1n) is 6.08. The maximum atomic E-state index is 12.9. The third-order valence-electron chi connectivity index (χ3n) is 3.10. The topological polar surface area (TPSA) is 59.1 Å². The summed E-state index contributed by atoms with van der Waals surface area (Å²) in [5.74, 6) is 0. The average molecular weight is 328 g/mol. The fourth-order valence-corrected chi connectivity index (χ4v) is 3.65. The molecule has 2 rings (SSSR count). The van der Waals surface area contributed by atoms with E-state index >= 15 is 0 Å². The lowest BCUT2D eigenvalue weighted by atomic mass is 10.3. The number of nitrogens with one attached hydrogen (secondary N) is 1. The standard InChI is InChI=1S/C11H15F3N2O2S2/c1-6(20(2,17)18)10-16-9(11(12,13)14)8(19-10)5-15-7-3-4-7/h6-7,15H,3-5H2,1-2H3. The largest absolute Gasteiger partial charge is 0.434 e. The molecule has 1 saturated carbocycles. The van der Waals surface area contributed by atoms with Crippen molar-refractivity contribution in [2.75, 3.05) is 6.26 Å². The highest BCUT2D eigenvalue weighted by molar-refractivity contribution is 7.91. The molecule has 0 spiro atoms. The van der Waals surface area contributed by atoms with E-state index < -0.39 is 27.0 Å². The number of sulfone groups is 1. The van der Waals surface area contributed by atoms with Gasteiger partial charge in [-0.25, -0.2) is 13.4 Å². The molecule has 1 N–H and O–H groups in total. The summed E-state index contributed by atoms with van der Waals surface area (Å²) in [6.07, 6.45) is -1.64. The van der Waals surface area contributed by atoms with E-state index in [9.17, 15) is 21.6 Å². The van der Waals surface area contributed by atoms with E-state index in [1.165, 1.54) is 6.92 Å². The van der Waals surface area contributed by atoms with Gasteiger partial charge >= 0.3 is 6.18 Å². The minimum absolute atomic E-state index is 0.00702. The molecule has 1 fully saturated rings. The molecule has 0 aliphatic heterocycles. The Morgan fingerprint density at radius 3 is 2.50 bits per heavy atom. The van der Waals surface area contributed by atoms with Gasteiger partial charge in [-0.2, -0.15) is 13.2 Å². The van der Waals surface area contributed by atoms with Gasteiger partial charge in [0.1, 0.15) is 10.3 Å². The molecule has 1 aliphatic rings. The van der Waals surface area contributed by atoms with Crippen molar-refractivity contribution in [1.82, 2.24) is 10.3 Å². The van der Waals surface area contributed by atoms with Gasteiger partial charge in [0.05, 0.1) is 4.88 Å². The fraction of sp³-hybridized carbons (Fsp3) is 0.727. The summed E-state index contributed by atoms with van der Waals surface area (Å²) in [6, 6.07) is 0.272. The molecule has 0 bridgehead atoms. The lowest BCUT2D eigenvalue weighted by molar-refractivity contribution is -0.141. The lowest BCUT2D eigenvalue weighted by Crippen LogP contribution is -2.18. The first-order valence-corrected chi connectivity index (χ1v) is 8.85. The van der Waals surface area contributed by atoms with E-state index in [1.807, 2.05) is 0 Å². The molecule has 4 nitrogen and oxygen atoms in total. The van der Waals surface area contributed by atoms with E-state index in [-0.39, 0.29) is 22.5 Å². The van der Waals surface area contributed by atoms with Crippen molar-refractivity contribution < 1.29 is 21.6 Å². The molecule has 1 heterocycles. The van der Waals surface area contributed by atoms with Crippen LogP contribution in [0.5, 0.6) is 0 Å². The van der Waals surface area contributed by atoms with E-state index in [2.05, 4.69) is 10.3 Å². The van der Waals surface area contributed by atoms with Crippen molar-refractivity contribution in [1.29, 1.82) is 0 Å². The summed E-state index contributed by atoms with van der Waals surface area (Å²) in [7, 11) is -3.46. The summed E-state index contributed by atoms with van der Waals surface area (Å²) in [4.78, 5) is 3.57. The van der Waals surface area contributed by atoms with Crippen LogP contribution in [-0.2, 0) is 22.6 Å². The van der Waals surface area contributed by atoms with Crippen LogP contribution in [0.15, 0.2) is 0 Å². The molecule has 0 aromatic carbocycles. The Morgan fingerprint density at radius 2 is 2.05 bits per heavy atom. The summed E-state index contributed by atoms with van der Waals surface area (Å²) >= 11 is 0.818. The predicted molar refractivity (Wildman–Crippen MR) is 70.2 cm³/mol. The number of aromatic nitrogens is 1. The first-order chi connectivity index (χ1) is 9.09. The van der Waals surface area contributed by atoms with E-state index in [0.29, 0.717) is 0 Å². The zero-order chi connectivity index (χ0) is 15.1. The molecule has 1 aromatic heterocycles. The quantitative estimate of drug-likeness (QED) is 0.902. The van der Waals surface area contributed by atoms with Gasteiger partial charge in [-0.15, -0.1) is 11.3 Å². The van der Waals surface area contributed by atoms with Crippen LogP contribution in [0.4, 0.5) is 13.2 Å². The molecule has 0 radical (unpaired) electrons. The van der Waals surface area contributed by atoms with Crippen LogP contribution >= 0.6 is 11.3 Å². The number of halogens is 3. The molecular formula is C11H15F3N2O2S2. The van der Waals surface area contributed by atoms with Gasteiger partial charge in [-0.05, 0) is 19.8 Å². The highest BCUT2D eigenvalue weighted by atomic mass is 32.2. The van der Waals surface area contributed by atoms with Gasteiger partial charge in [-0.3, -0.25) is 0 Å². The van der Waals surface area contributed by atoms with Gasteiger partial charge in [0, 0.05) is 18.8 Å². The van der Waals surface area contributed by atoms with Crippen LogP contribution in [0.1, 0.15) is 40.6 Å². The summed E-state index contributed by atoms with van der Waals surface area (Å²) < 4.78 is 61.7. The van der Waals surface area contributed by atoms with Crippen molar-refractivity contribution in [3.63, 3.8) is 0 Å². The second kappa shape index (κ2) is 5.27. The fourth-order valence-electron chi connectivity index (χ4n) is 1.59. The van der Waals surface area contributed by atoms with E-state index in [1.54, 1.807) is 0 Å². The third kappa shape index (κ3) is 3.70. The Bertz CT molecular complexity index is 591. The third-order valence-corrected chi connectivity index (χ3v) is 6.00. The molecule has 9 heteroatoms. The summed E-state index contributed by atoms with van der Waals surface area (Å²) in [6.45, 7) is 1.43. The summed E-state index contributed by atoms with van der Waals surface area (Å²) in [5, 5.41) is 1.97. The van der Waals surface area contributed by atoms with Gasteiger partial charge in [-0.1, -0.05) is 0 Å². The van der Waals surface area contributed by atoms with Crippen molar-refractivity contribution in [2.24, 2.45) is 0 Å². The van der Waals surface area contributed by atoms with Crippen molar-refractivity contribution in [3.8, 4) is 0 Å². The van der Waals surface area contributed by atoms with E-state index in [4.69, 9.17) is 0 Å². The number of alkyl halides is 3. The smallest absolute Gasteiger partial charge is 0.309 e. The Hall–Kier alpha value is -0.670. The molecule has 1 aliphatic carbocycles. The Balaban J connectivity index is 2.30. The normalized spacial score (nSPS) is 18.2. The van der Waals surface area contributed by atoms with Crippen LogP contribution in [0.2, 0.25) is 0 Å². The predicted octanol–water partition coefficient (Wildman–Crippen LogP) is 2.52. The molecule has 0 amide bonds. The monoisotopic (exact) mass is 328 g/mol. The van der Waals surface area contributed by atoms with Crippen molar-refractivity contribution in [2.45, 2.75) is 43.8 Å². The van der Waals surface area contributed by atoms with Gasteiger partial charge in [0.25, 0.3) is 0 Å². The molecule has 1 atom stereocenters. The second-order valence-corrected chi connectivity index (χ2v) is 8.43. The van der Waals surface area contributed by atoms with Crippen LogP contribution in [-0.4, -0.2) is 25.7 Å². The van der Waals surface area contributed by atoms with Crippen LogP contribution in [0, 0.1) is 0 Å².